The highest BCUT2D eigenvalue weighted by Crippen LogP contribution is 2.46. The van der Waals surface area contributed by atoms with Crippen molar-refractivity contribution in [3.05, 3.63) is 57.6 Å². The Morgan fingerprint density at radius 1 is 0.583 bits per heavy atom. The van der Waals surface area contributed by atoms with Gasteiger partial charge in [-0.2, -0.15) is 0 Å². The predicted molar refractivity (Wildman–Crippen MR) is 198 cm³/mol. The zero-order chi connectivity index (χ0) is 34.4. The number of carbonyl (C=O) groups excluding carboxylic acids is 2. The van der Waals surface area contributed by atoms with Gasteiger partial charge in [0, 0.05) is 71.7 Å². The van der Waals surface area contributed by atoms with Gasteiger partial charge in [0.25, 0.3) is 0 Å². The van der Waals surface area contributed by atoms with E-state index in [-0.39, 0.29) is 36.5 Å². The molecule has 4 unspecified atom stereocenters. The number of benzene rings is 2. The first-order valence-electron chi connectivity index (χ1n) is 17.4. The van der Waals surface area contributed by atoms with Gasteiger partial charge in [-0.05, 0) is 90.3 Å². The van der Waals surface area contributed by atoms with E-state index in [0.29, 0.717) is 30.1 Å². The number of halogens is 2. The molecule has 262 valence electrons. The van der Waals surface area contributed by atoms with E-state index in [4.69, 9.17) is 23.2 Å². The average molecular weight is 736 g/mol. The standard InChI is InChI=1S/C36H52Cl2N6O2S2/c1-39-19-7-11-31(39)43(5,32-12-8-20-40(32)2)35(45)27-17-15-25(37)23-29(27)47-48-30-24-26(38)16-18-28(30)36(46)44(6,33-13-9-21-41(33)3)34-14-10-22-42(34)4/h15-18,23-24,31-34H,7-14,19-22H2,1-6H3/q+2. The van der Waals surface area contributed by atoms with Crippen LogP contribution in [0.5, 0.6) is 0 Å². The van der Waals surface area contributed by atoms with Gasteiger partial charge in [0.15, 0.2) is 24.7 Å². The molecule has 0 aliphatic carbocycles. The largest absolute Gasteiger partial charge is 0.349 e. The van der Waals surface area contributed by atoms with Crippen molar-refractivity contribution < 1.29 is 18.6 Å². The molecule has 0 spiro atoms. The van der Waals surface area contributed by atoms with Gasteiger partial charge >= 0.3 is 11.8 Å². The Bertz CT molecular complexity index is 1380. The van der Waals surface area contributed by atoms with Crippen molar-refractivity contribution in [2.24, 2.45) is 0 Å². The number of hydrogen-bond acceptors (Lipinski definition) is 8. The molecule has 4 atom stereocenters. The maximum atomic E-state index is 15.0. The predicted octanol–water partition coefficient (Wildman–Crippen LogP) is 7.17. The first-order chi connectivity index (χ1) is 22.9. The van der Waals surface area contributed by atoms with Gasteiger partial charge < -0.3 is 0 Å². The highest BCUT2D eigenvalue weighted by molar-refractivity contribution is 8.76. The van der Waals surface area contributed by atoms with E-state index in [1.807, 2.05) is 36.4 Å². The number of rotatable bonds is 9. The smallest absolute Gasteiger partial charge is 0.257 e. The molecule has 12 heteroatoms. The van der Waals surface area contributed by atoms with E-state index < -0.39 is 0 Å². The molecule has 48 heavy (non-hydrogen) atoms. The summed E-state index contributed by atoms with van der Waals surface area (Å²) in [5.41, 5.74) is 1.35. The fraction of sp³-hybridized carbons (Fsp3) is 0.611. The Hall–Kier alpha value is -1.18. The molecule has 4 saturated heterocycles. The van der Waals surface area contributed by atoms with E-state index in [1.165, 1.54) is 21.6 Å². The summed E-state index contributed by atoms with van der Waals surface area (Å²) in [5, 5.41) is 1.17. The molecule has 0 saturated carbocycles. The summed E-state index contributed by atoms with van der Waals surface area (Å²) in [6, 6.07) is 11.3. The lowest BCUT2D eigenvalue weighted by molar-refractivity contribution is -0.900. The van der Waals surface area contributed by atoms with Crippen LogP contribution in [-0.4, -0.2) is 134 Å². The van der Waals surface area contributed by atoms with Gasteiger partial charge in [0.1, 0.15) is 0 Å². The van der Waals surface area contributed by atoms with E-state index in [9.17, 15) is 9.59 Å². The summed E-state index contributed by atoms with van der Waals surface area (Å²) in [6.45, 7) is 3.99. The number of carbonyl (C=O) groups is 2. The average Bonchev–Trinajstić information content (AvgIpc) is 3.88. The molecule has 4 heterocycles. The molecule has 6 rings (SSSR count). The first-order valence-corrected chi connectivity index (χ1v) is 20.3. The van der Waals surface area contributed by atoms with Crippen molar-refractivity contribution >= 4 is 56.6 Å². The van der Waals surface area contributed by atoms with Crippen LogP contribution in [0.2, 0.25) is 10.0 Å². The molecule has 4 aliphatic heterocycles. The van der Waals surface area contributed by atoms with E-state index >= 15 is 0 Å². The zero-order valence-corrected chi connectivity index (χ0v) is 32.5. The number of likely N-dealkylation sites (tertiary alicyclic amines) is 4. The minimum atomic E-state index is 0.110. The van der Waals surface area contributed by atoms with Crippen LogP contribution in [-0.2, 0) is 0 Å². The molecule has 2 aromatic carbocycles. The van der Waals surface area contributed by atoms with Crippen LogP contribution in [0.25, 0.3) is 0 Å². The lowest BCUT2D eigenvalue weighted by atomic mass is 10.1. The second-order valence-corrected chi connectivity index (χ2v) is 17.9. The lowest BCUT2D eigenvalue weighted by Gasteiger charge is -2.46. The lowest BCUT2D eigenvalue weighted by Crippen LogP contribution is -2.67. The van der Waals surface area contributed by atoms with Crippen LogP contribution in [0, 0.1) is 0 Å². The van der Waals surface area contributed by atoms with Crippen LogP contribution in [0.15, 0.2) is 46.2 Å². The minimum absolute atomic E-state index is 0.110. The Morgan fingerprint density at radius 2 is 0.875 bits per heavy atom. The highest BCUT2D eigenvalue weighted by atomic mass is 35.5. The molecule has 0 radical (unpaired) electrons. The minimum Gasteiger partial charge on any atom is -0.257 e. The van der Waals surface area contributed by atoms with Gasteiger partial charge in [-0.3, -0.25) is 19.6 Å². The van der Waals surface area contributed by atoms with Gasteiger partial charge in [-0.25, -0.2) is 18.6 Å². The summed E-state index contributed by atoms with van der Waals surface area (Å²) in [7, 11) is 15.9. The maximum Gasteiger partial charge on any atom is 0.349 e. The summed E-state index contributed by atoms with van der Waals surface area (Å²) < 4.78 is 0.654. The summed E-state index contributed by atoms with van der Waals surface area (Å²) in [4.78, 5) is 41.0. The van der Waals surface area contributed by atoms with Crippen LogP contribution in [0.3, 0.4) is 0 Å². The Kier molecular flexibility index (Phi) is 11.3. The summed E-state index contributed by atoms with van der Waals surface area (Å²) in [5.74, 6) is 0.236. The topological polar surface area (TPSA) is 47.1 Å². The van der Waals surface area contributed by atoms with Crippen LogP contribution >= 0.6 is 44.8 Å². The van der Waals surface area contributed by atoms with Crippen molar-refractivity contribution in [1.29, 1.82) is 0 Å². The van der Waals surface area contributed by atoms with E-state index in [2.05, 4.69) is 61.9 Å². The van der Waals surface area contributed by atoms with Crippen molar-refractivity contribution in [1.82, 2.24) is 19.6 Å². The first kappa shape index (κ1) is 36.6. The molecule has 4 aliphatic rings. The van der Waals surface area contributed by atoms with Crippen molar-refractivity contribution in [2.75, 3.05) is 68.5 Å². The molecule has 0 N–H and O–H groups in total. The van der Waals surface area contributed by atoms with E-state index in [0.717, 1.165) is 87.3 Å². The molecule has 0 bridgehead atoms. The Balaban J connectivity index is 1.34. The Morgan fingerprint density at radius 3 is 1.12 bits per heavy atom. The highest BCUT2D eigenvalue weighted by Gasteiger charge is 2.54. The van der Waals surface area contributed by atoms with Crippen molar-refractivity contribution in [3.63, 3.8) is 0 Å². The maximum absolute atomic E-state index is 15.0. The Labute approximate surface area is 305 Å². The third kappa shape index (κ3) is 6.64. The number of amides is 2. The number of nitrogens with zero attached hydrogens (tertiary/aromatic N) is 6. The second kappa shape index (κ2) is 14.8. The van der Waals surface area contributed by atoms with Gasteiger partial charge in [-0.1, -0.05) is 44.8 Å². The summed E-state index contributed by atoms with van der Waals surface area (Å²) in [6.07, 6.45) is 8.77. The van der Waals surface area contributed by atoms with Crippen molar-refractivity contribution in [3.8, 4) is 0 Å². The normalized spacial score (nSPS) is 28.6. The quantitative estimate of drug-likeness (QED) is 0.199. The second-order valence-electron chi connectivity index (χ2n) is 14.8. The van der Waals surface area contributed by atoms with Gasteiger partial charge in [-0.15, -0.1) is 0 Å². The van der Waals surface area contributed by atoms with Crippen molar-refractivity contribution in [2.45, 2.75) is 85.8 Å². The van der Waals surface area contributed by atoms with Crippen LogP contribution < -0.4 is 0 Å². The number of hydrogen-bond donors (Lipinski definition) is 0. The van der Waals surface area contributed by atoms with E-state index in [1.54, 1.807) is 0 Å². The SMILES string of the molecule is CN1CCCC1[N+](C)(C(=O)c1ccc(Cl)cc1SSc1cc(Cl)ccc1C(=O)[N+](C)(C1CCCN1C)C1CCCN1C)C1CCCN1C. The molecule has 4 fully saturated rings. The number of quaternary nitrogens is 2. The molecule has 0 aromatic heterocycles. The molecule has 8 nitrogen and oxygen atoms in total. The zero-order valence-electron chi connectivity index (χ0n) is 29.3. The van der Waals surface area contributed by atoms with Gasteiger partial charge in [0.2, 0.25) is 0 Å². The van der Waals surface area contributed by atoms with Gasteiger partial charge in [0.05, 0.1) is 25.2 Å². The monoisotopic (exact) mass is 734 g/mol. The third-order valence-corrected chi connectivity index (χ3v) is 14.8. The summed E-state index contributed by atoms with van der Waals surface area (Å²) >= 11 is 13.2. The fourth-order valence-electron chi connectivity index (χ4n) is 9.31. The molecular weight excluding hydrogens is 683 g/mol. The molecule has 2 amide bonds. The fourth-order valence-corrected chi connectivity index (χ4v) is 12.2. The van der Waals surface area contributed by atoms with Crippen LogP contribution in [0.4, 0.5) is 0 Å². The third-order valence-electron chi connectivity index (χ3n) is 11.8. The van der Waals surface area contributed by atoms with Crippen LogP contribution in [0.1, 0.15) is 72.1 Å². The molecule has 2 aromatic rings. The molecular formula is C36H52Cl2N6O2S2+2.